The standard InChI is InChI=1S/C16H23N/c1-3-12-17-13-16(10-4-5-11-16)15-8-6-14(2)7-9-15/h4-9,17H,3,10-13H2,1-2H3. The molecular formula is C16H23N. The molecule has 1 nitrogen and oxygen atoms in total. The zero-order valence-electron chi connectivity index (χ0n) is 11.0. The fourth-order valence-corrected chi connectivity index (χ4v) is 2.59. The molecule has 1 aliphatic rings. The van der Waals surface area contributed by atoms with Crippen LogP contribution in [0.1, 0.15) is 37.3 Å². The van der Waals surface area contributed by atoms with Gasteiger partial charge in [-0.3, -0.25) is 0 Å². The smallest absolute Gasteiger partial charge is 0.0146 e. The molecule has 0 spiro atoms. The van der Waals surface area contributed by atoms with Crippen molar-refractivity contribution in [3.63, 3.8) is 0 Å². The molecule has 17 heavy (non-hydrogen) atoms. The minimum atomic E-state index is 0.308. The van der Waals surface area contributed by atoms with Crippen molar-refractivity contribution in [1.82, 2.24) is 5.32 Å². The first-order valence-corrected chi connectivity index (χ1v) is 6.70. The average molecular weight is 229 g/mol. The van der Waals surface area contributed by atoms with E-state index in [2.05, 4.69) is 55.6 Å². The summed E-state index contributed by atoms with van der Waals surface area (Å²) in [5, 5.41) is 3.59. The minimum absolute atomic E-state index is 0.308. The largest absolute Gasteiger partial charge is 0.316 e. The van der Waals surface area contributed by atoms with E-state index in [0.717, 1.165) is 13.1 Å². The van der Waals surface area contributed by atoms with Crippen LogP contribution in [0, 0.1) is 6.92 Å². The van der Waals surface area contributed by atoms with Crippen molar-refractivity contribution in [2.75, 3.05) is 13.1 Å². The Labute approximate surface area is 105 Å². The molecule has 1 aromatic rings. The second-order valence-corrected chi connectivity index (χ2v) is 5.20. The van der Waals surface area contributed by atoms with Gasteiger partial charge in [0, 0.05) is 12.0 Å². The van der Waals surface area contributed by atoms with E-state index < -0.39 is 0 Å². The summed E-state index contributed by atoms with van der Waals surface area (Å²) >= 11 is 0. The van der Waals surface area contributed by atoms with E-state index >= 15 is 0 Å². The fraction of sp³-hybridized carbons (Fsp3) is 0.500. The van der Waals surface area contributed by atoms with Gasteiger partial charge in [-0.15, -0.1) is 0 Å². The quantitative estimate of drug-likeness (QED) is 0.601. The van der Waals surface area contributed by atoms with Crippen molar-refractivity contribution >= 4 is 0 Å². The van der Waals surface area contributed by atoms with Gasteiger partial charge in [-0.2, -0.15) is 0 Å². The number of hydrogen-bond donors (Lipinski definition) is 1. The molecule has 0 saturated carbocycles. The van der Waals surface area contributed by atoms with E-state index in [1.165, 1.54) is 30.4 Å². The van der Waals surface area contributed by atoms with Crippen LogP contribution in [0.5, 0.6) is 0 Å². The Morgan fingerprint density at radius 2 is 1.76 bits per heavy atom. The summed E-state index contributed by atoms with van der Waals surface area (Å²) in [5.74, 6) is 0. The van der Waals surface area contributed by atoms with Crippen molar-refractivity contribution in [1.29, 1.82) is 0 Å². The molecule has 1 N–H and O–H groups in total. The number of hydrogen-bond acceptors (Lipinski definition) is 1. The molecule has 0 unspecified atom stereocenters. The third-order valence-corrected chi connectivity index (χ3v) is 3.74. The average Bonchev–Trinajstić information content (AvgIpc) is 2.80. The number of benzene rings is 1. The maximum absolute atomic E-state index is 3.59. The first-order valence-electron chi connectivity index (χ1n) is 6.70. The van der Waals surface area contributed by atoms with Gasteiger partial charge in [0.25, 0.3) is 0 Å². The normalized spacial score (nSPS) is 17.5. The maximum atomic E-state index is 3.59. The Morgan fingerprint density at radius 1 is 1.12 bits per heavy atom. The van der Waals surface area contributed by atoms with Crippen LogP contribution in [-0.2, 0) is 5.41 Å². The van der Waals surface area contributed by atoms with Crippen molar-refractivity contribution in [2.45, 2.75) is 38.5 Å². The van der Waals surface area contributed by atoms with Gasteiger partial charge in [-0.1, -0.05) is 48.9 Å². The van der Waals surface area contributed by atoms with Gasteiger partial charge < -0.3 is 5.32 Å². The summed E-state index contributed by atoms with van der Waals surface area (Å²) in [6.45, 7) is 6.58. The van der Waals surface area contributed by atoms with Crippen LogP contribution in [0.25, 0.3) is 0 Å². The zero-order chi connectivity index (χ0) is 12.1. The Bertz CT molecular complexity index is 367. The highest BCUT2D eigenvalue weighted by molar-refractivity contribution is 5.33. The van der Waals surface area contributed by atoms with Crippen LogP contribution < -0.4 is 5.32 Å². The van der Waals surface area contributed by atoms with Crippen LogP contribution >= 0.6 is 0 Å². The summed E-state index contributed by atoms with van der Waals surface area (Å²) in [6, 6.07) is 9.07. The van der Waals surface area contributed by atoms with Crippen LogP contribution in [0.4, 0.5) is 0 Å². The highest BCUT2D eigenvalue weighted by atomic mass is 14.9. The number of rotatable bonds is 5. The van der Waals surface area contributed by atoms with Gasteiger partial charge in [0.05, 0.1) is 0 Å². The van der Waals surface area contributed by atoms with E-state index in [-0.39, 0.29) is 0 Å². The molecule has 0 aliphatic heterocycles. The van der Waals surface area contributed by atoms with Crippen molar-refractivity contribution in [3.05, 3.63) is 47.5 Å². The number of aryl methyl sites for hydroxylation is 1. The summed E-state index contributed by atoms with van der Waals surface area (Å²) in [5.41, 5.74) is 3.14. The van der Waals surface area contributed by atoms with E-state index in [0.29, 0.717) is 5.41 Å². The van der Waals surface area contributed by atoms with Crippen molar-refractivity contribution in [2.24, 2.45) is 0 Å². The summed E-state index contributed by atoms with van der Waals surface area (Å²) in [7, 11) is 0. The lowest BCUT2D eigenvalue weighted by Crippen LogP contribution is -2.36. The second kappa shape index (κ2) is 5.50. The van der Waals surface area contributed by atoms with Crippen LogP contribution in [0.3, 0.4) is 0 Å². The van der Waals surface area contributed by atoms with Gasteiger partial charge in [-0.25, -0.2) is 0 Å². The Balaban J connectivity index is 2.13. The Morgan fingerprint density at radius 3 is 2.35 bits per heavy atom. The highest BCUT2D eigenvalue weighted by Crippen LogP contribution is 2.36. The number of nitrogens with one attached hydrogen (secondary N) is 1. The lowest BCUT2D eigenvalue weighted by Gasteiger charge is -2.30. The summed E-state index contributed by atoms with van der Waals surface area (Å²) < 4.78 is 0. The molecule has 2 rings (SSSR count). The third kappa shape index (κ3) is 2.78. The maximum Gasteiger partial charge on any atom is 0.0146 e. The number of allylic oxidation sites excluding steroid dienone is 2. The van der Waals surface area contributed by atoms with E-state index in [1.54, 1.807) is 0 Å². The van der Waals surface area contributed by atoms with Gasteiger partial charge in [0.2, 0.25) is 0 Å². The van der Waals surface area contributed by atoms with Gasteiger partial charge >= 0.3 is 0 Å². The first-order chi connectivity index (χ1) is 8.27. The predicted molar refractivity (Wildman–Crippen MR) is 74.4 cm³/mol. The lowest BCUT2D eigenvalue weighted by atomic mass is 9.78. The molecular weight excluding hydrogens is 206 g/mol. The summed E-state index contributed by atoms with van der Waals surface area (Å²) in [4.78, 5) is 0. The Kier molecular flexibility index (Phi) is 4.01. The SMILES string of the molecule is CCCNCC1(c2ccc(C)cc2)CC=CC1. The lowest BCUT2D eigenvalue weighted by molar-refractivity contribution is 0.419. The first kappa shape index (κ1) is 12.4. The van der Waals surface area contributed by atoms with Crippen molar-refractivity contribution < 1.29 is 0 Å². The molecule has 1 aliphatic carbocycles. The zero-order valence-corrected chi connectivity index (χ0v) is 11.0. The van der Waals surface area contributed by atoms with Gasteiger partial charge in [0.1, 0.15) is 0 Å². The summed E-state index contributed by atoms with van der Waals surface area (Å²) in [6.07, 6.45) is 8.21. The van der Waals surface area contributed by atoms with E-state index in [4.69, 9.17) is 0 Å². The van der Waals surface area contributed by atoms with Crippen LogP contribution in [-0.4, -0.2) is 13.1 Å². The van der Waals surface area contributed by atoms with Gasteiger partial charge in [0.15, 0.2) is 0 Å². The molecule has 0 saturated heterocycles. The molecule has 0 amide bonds. The van der Waals surface area contributed by atoms with Gasteiger partial charge in [-0.05, 0) is 38.3 Å². The van der Waals surface area contributed by atoms with Crippen LogP contribution in [0.2, 0.25) is 0 Å². The third-order valence-electron chi connectivity index (χ3n) is 3.74. The molecule has 0 aromatic heterocycles. The fourth-order valence-electron chi connectivity index (χ4n) is 2.59. The minimum Gasteiger partial charge on any atom is -0.316 e. The second-order valence-electron chi connectivity index (χ2n) is 5.20. The topological polar surface area (TPSA) is 12.0 Å². The highest BCUT2D eigenvalue weighted by Gasteiger charge is 2.32. The van der Waals surface area contributed by atoms with Crippen molar-refractivity contribution in [3.8, 4) is 0 Å². The molecule has 0 bridgehead atoms. The molecule has 0 radical (unpaired) electrons. The predicted octanol–water partition coefficient (Wildman–Crippen LogP) is 3.58. The van der Waals surface area contributed by atoms with Crippen LogP contribution in [0.15, 0.2) is 36.4 Å². The molecule has 0 atom stereocenters. The monoisotopic (exact) mass is 229 g/mol. The molecule has 92 valence electrons. The molecule has 1 heteroatoms. The van der Waals surface area contributed by atoms with E-state index in [9.17, 15) is 0 Å². The molecule has 0 heterocycles. The van der Waals surface area contributed by atoms with E-state index in [1.807, 2.05) is 0 Å². The molecule has 0 fully saturated rings. The molecule has 1 aromatic carbocycles. The Hall–Kier alpha value is -1.08.